The van der Waals surface area contributed by atoms with Crippen LogP contribution in [0.25, 0.3) is 0 Å². The number of guanidine groups is 1. The van der Waals surface area contributed by atoms with Crippen molar-refractivity contribution in [1.82, 2.24) is 20.4 Å². The highest BCUT2D eigenvalue weighted by atomic mass is 127. The number of aryl methyl sites for hydroxylation is 1. The van der Waals surface area contributed by atoms with Crippen LogP contribution in [0, 0.1) is 19.7 Å². The highest BCUT2D eigenvalue weighted by Crippen LogP contribution is 2.18. The molecule has 1 aromatic carbocycles. The van der Waals surface area contributed by atoms with Crippen molar-refractivity contribution in [2.45, 2.75) is 46.2 Å². The van der Waals surface area contributed by atoms with E-state index >= 15 is 0 Å². The van der Waals surface area contributed by atoms with Crippen LogP contribution < -0.4 is 10.6 Å². The first-order valence-electron chi connectivity index (χ1n) is 9.80. The summed E-state index contributed by atoms with van der Waals surface area (Å²) in [7, 11) is 1.69. The number of benzene rings is 1. The zero-order valence-electron chi connectivity index (χ0n) is 18.4. The Balaban J connectivity index is 0.00000450. The van der Waals surface area contributed by atoms with Gasteiger partial charge in [0, 0.05) is 37.2 Å². The van der Waals surface area contributed by atoms with Crippen molar-refractivity contribution >= 4 is 41.7 Å². The van der Waals surface area contributed by atoms with Gasteiger partial charge < -0.3 is 15.4 Å². The summed E-state index contributed by atoms with van der Waals surface area (Å²) >= 11 is 1.68. The smallest absolute Gasteiger partial charge is 0.191 e. The first-order valence-corrected chi connectivity index (χ1v) is 11.2. The molecule has 0 bridgehead atoms. The van der Waals surface area contributed by atoms with Crippen LogP contribution in [0.15, 0.2) is 23.2 Å². The molecule has 6 nitrogen and oxygen atoms in total. The van der Waals surface area contributed by atoms with E-state index in [-0.39, 0.29) is 29.8 Å². The van der Waals surface area contributed by atoms with E-state index in [1.807, 2.05) is 30.9 Å². The van der Waals surface area contributed by atoms with Crippen LogP contribution in [0.4, 0.5) is 4.39 Å². The van der Waals surface area contributed by atoms with Crippen LogP contribution in [0.3, 0.4) is 0 Å². The molecular formula is C21H33FIN5OS. The molecule has 9 heteroatoms. The number of nitrogens with zero attached hydrogens (tertiary/aromatic N) is 3. The number of aliphatic imine (C=N–C) groups is 1. The lowest BCUT2D eigenvalue weighted by molar-refractivity contribution is 0.182. The van der Waals surface area contributed by atoms with E-state index in [1.54, 1.807) is 24.9 Å². The van der Waals surface area contributed by atoms with Crippen molar-refractivity contribution in [3.8, 4) is 0 Å². The zero-order valence-corrected chi connectivity index (χ0v) is 21.6. The molecule has 0 amide bonds. The average Bonchev–Trinajstić information content (AvgIpc) is 2.96. The van der Waals surface area contributed by atoms with Gasteiger partial charge in [0.15, 0.2) is 5.96 Å². The summed E-state index contributed by atoms with van der Waals surface area (Å²) in [5, 5.41) is 11.3. The Morgan fingerprint density at radius 2 is 2.03 bits per heavy atom. The third-order valence-electron chi connectivity index (χ3n) is 4.69. The van der Waals surface area contributed by atoms with Gasteiger partial charge in [0.2, 0.25) is 0 Å². The molecule has 2 N–H and O–H groups in total. The molecule has 168 valence electrons. The second-order valence-corrected chi connectivity index (χ2v) is 7.63. The molecule has 0 fully saturated rings. The second-order valence-electron chi connectivity index (χ2n) is 6.76. The minimum absolute atomic E-state index is 0. The lowest BCUT2D eigenvalue weighted by atomic mass is 10.1. The average molecular weight is 549 g/mol. The van der Waals surface area contributed by atoms with Crippen molar-refractivity contribution in [3.05, 3.63) is 52.1 Å². The van der Waals surface area contributed by atoms with E-state index in [0.29, 0.717) is 19.7 Å². The SMILES string of the molecule is CCNC(=NCc1ccc(F)cc1CSC)NCc1c(C)nn(CCOC)c1C.I. The maximum Gasteiger partial charge on any atom is 0.191 e. The van der Waals surface area contributed by atoms with Gasteiger partial charge in [-0.15, -0.1) is 24.0 Å². The summed E-state index contributed by atoms with van der Waals surface area (Å²) < 4.78 is 20.7. The third-order valence-corrected chi connectivity index (χ3v) is 5.29. The third kappa shape index (κ3) is 7.73. The monoisotopic (exact) mass is 549 g/mol. The van der Waals surface area contributed by atoms with Gasteiger partial charge in [-0.05, 0) is 50.3 Å². The number of thioether (sulfide) groups is 1. The van der Waals surface area contributed by atoms with Gasteiger partial charge in [-0.25, -0.2) is 9.38 Å². The Morgan fingerprint density at radius 1 is 1.27 bits per heavy atom. The molecule has 2 aromatic rings. The highest BCUT2D eigenvalue weighted by molar-refractivity contribution is 14.0. The summed E-state index contributed by atoms with van der Waals surface area (Å²) in [5.41, 5.74) is 5.32. The number of hydrogen-bond acceptors (Lipinski definition) is 4. The van der Waals surface area contributed by atoms with E-state index in [2.05, 4.69) is 22.7 Å². The molecule has 0 saturated carbocycles. The van der Waals surface area contributed by atoms with E-state index in [1.165, 1.54) is 6.07 Å². The molecule has 0 atom stereocenters. The molecule has 0 aliphatic rings. The van der Waals surface area contributed by atoms with Crippen molar-refractivity contribution < 1.29 is 9.13 Å². The Bertz CT molecular complexity index is 828. The number of ether oxygens (including phenoxy) is 1. The molecule has 1 aromatic heterocycles. The Hall–Kier alpha value is -1.33. The normalized spacial score (nSPS) is 11.3. The van der Waals surface area contributed by atoms with E-state index < -0.39 is 0 Å². The standard InChI is InChI=1S/C21H32FN5OS.HI/c1-6-23-21(24-12-17-7-8-19(22)11-18(17)14-29-5)25-13-20-15(2)26-27(16(20)3)9-10-28-4;/h7-8,11H,6,9-10,12-14H2,1-5H3,(H2,23,24,25);1H. The fourth-order valence-electron chi connectivity index (χ4n) is 3.10. The molecule has 0 radical (unpaired) electrons. The summed E-state index contributed by atoms with van der Waals surface area (Å²) in [6.07, 6.45) is 2.01. The van der Waals surface area contributed by atoms with Gasteiger partial charge in [0.05, 0.1) is 25.4 Å². The lowest BCUT2D eigenvalue weighted by Crippen LogP contribution is -2.37. The number of hydrogen-bond donors (Lipinski definition) is 2. The molecule has 0 aliphatic heterocycles. The maximum atomic E-state index is 13.6. The van der Waals surface area contributed by atoms with Crippen molar-refractivity contribution in [2.75, 3.05) is 26.5 Å². The Morgan fingerprint density at radius 3 is 2.70 bits per heavy atom. The summed E-state index contributed by atoms with van der Waals surface area (Å²) in [6.45, 7) is 9.39. The zero-order chi connectivity index (χ0) is 21.2. The molecule has 0 aliphatic carbocycles. The van der Waals surface area contributed by atoms with E-state index in [9.17, 15) is 4.39 Å². The molecular weight excluding hydrogens is 516 g/mol. The van der Waals surface area contributed by atoms with Gasteiger partial charge in [-0.1, -0.05) is 6.07 Å². The fourth-order valence-corrected chi connectivity index (χ4v) is 3.68. The number of methoxy groups -OCH3 is 1. The van der Waals surface area contributed by atoms with Gasteiger partial charge >= 0.3 is 0 Å². The van der Waals surface area contributed by atoms with Crippen LogP contribution in [0.5, 0.6) is 0 Å². The minimum Gasteiger partial charge on any atom is -0.383 e. The number of nitrogens with one attached hydrogen (secondary N) is 2. The Kier molecular flexibility index (Phi) is 12.3. The predicted molar refractivity (Wildman–Crippen MR) is 134 cm³/mol. The Labute approximate surface area is 200 Å². The predicted octanol–water partition coefficient (Wildman–Crippen LogP) is 4.02. The number of aromatic nitrogens is 2. The quantitative estimate of drug-likeness (QED) is 0.267. The van der Waals surface area contributed by atoms with Crippen molar-refractivity contribution in [3.63, 3.8) is 0 Å². The van der Waals surface area contributed by atoms with Crippen LogP contribution in [0.1, 0.15) is 35.0 Å². The van der Waals surface area contributed by atoms with E-state index in [0.717, 1.165) is 52.9 Å². The van der Waals surface area contributed by atoms with Crippen LogP contribution >= 0.6 is 35.7 Å². The largest absolute Gasteiger partial charge is 0.383 e. The topological polar surface area (TPSA) is 63.5 Å². The van der Waals surface area contributed by atoms with Crippen molar-refractivity contribution in [2.24, 2.45) is 4.99 Å². The summed E-state index contributed by atoms with van der Waals surface area (Å²) in [5.74, 6) is 1.30. The molecule has 0 spiro atoms. The van der Waals surface area contributed by atoms with Gasteiger partial charge in [-0.3, -0.25) is 4.68 Å². The van der Waals surface area contributed by atoms with Crippen LogP contribution in [-0.2, 0) is 30.1 Å². The molecule has 30 heavy (non-hydrogen) atoms. The van der Waals surface area contributed by atoms with Gasteiger partial charge in [-0.2, -0.15) is 16.9 Å². The number of rotatable bonds is 10. The van der Waals surface area contributed by atoms with E-state index in [4.69, 9.17) is 9.73 Å². The lowest BCUT2D eigenvalue weighted by Gasteiger charge is -2.13. The second kappa shape index (κ2) is 13.9. The summed E-state index contributed by atoms with van der Waals surface area (Å²) in [6, 6.07) is 4.92. The molecule has 0 saturated heterocycles. The number of halogens is 2. The fraction of sp³-hybridized carbons (Fsp3) is 0.524. The highest BCUT2D eigenvalue weighted by Gasteiger charge is 2.12. The molecule has 1 heterocycles. The molecule has 0 unspecified atom stereocenters. The van der Waals surface area contributed by atoms with Gasteiger partial charge in [0.1, 0.15) is 5.82 Å². The summed E-state index contributed by atoms with van der Waals surface area (Å²) in [4.78, 5) is 4.70. The first-order chi connectivity index (χ1) is 14.0. The van der Waals surface area contributed by atoms with Crippen LogP contribution in [-0.4, -0.2) is 42.3 Å². The van der Waals surface area contributed by atoms with Crippen LogP contribution in [0.2, 0.25) is 0 Å². The minimum atomic E-state index is -0.205. The van der Waals surface area contributed by atoms with Gasteiger partial charge in [0.25, 0.3) is 0 Å². The molecule has 2 rings (SSSR count). The first kappa shape index (κ1) is 26.7. The van der Waals surface area contributed by atoms with Crippen molar-refractivity contribution in [1.29, 1.82) is 0 Å². The maximum absolute atomic E-state index is 13.6.